The number of ether oxygens (including phenoxy) is 1. The first-order valence-electron chi connectivity index (χ1n) is 10.2. The Morgan fingerprint density at radius 3 is 2.30 bits per heavy atom. The monoisotopic (exact) mass is 436 g/mol. The predicted octanol–water partition coefficient (Wildman–Crippen LogP) is 1.93. The Kier molecular flexibility index (Phi) is 6.27. The lowest BCUT2D eigenvalue weighted by atomic mass is 9.79. The molecule has 0 radical (unpaired) electrons. The molecule has 0 aromatic carbocycles. The zero-order valence-corrected chi connectivity index (χ0v) is 19.0. The van der Waals surface area contributed by atoms with Crippen molar-refractivity contribution < 1.29 is 17.9 Å². The molecule has 30 heavy (non-hydrogen) atoms. The van der Waals surface area contributed by atoms with Gasteiger partial charge in [0.05, 0.1) is 13.2 Å². The molecule has 3 heterocycles. The van der Waals surface area contributed by atoms with E-state index in [0.29, 0.717) is 26.1 Å². The highest BCUT2D eigenvalue weighted by Crippen LogP contribution is 2.42. The van der Waals surface area contributed by atoms with Gasteiger partial charge in [0.1, 0.15) is 10.7 Å². The minimum Gasteiger partial charge on any atom is -0.378 e. The summed E-state index contributed by atoms with van der Waals surface area (Å²) in [6.45, 7) is 13.8. The first-order chi connectivity index (χ1) is 14.0. The predicted molar refractivity (Wildman–Crippen MR) is 116 cm³/mol. The largest absolute Gasteiger partial charge is 0.378 e. The van der Waals surface area contributed by atoms with Gasteiger partial charge < -0.3 is 15.0 Å². The average molecular weight is 437 g/mol. The molecule has 8 nitrogen and oxygen atoms in total. The number of sulfonamides is 1. The van der Waals surface area contributed by atoms with E-state index in [-0.39, 0.29) is 16.8 Å². The lowest BCUT2D eigenvalue weighted by molar-refractivity contribution is -0.118. The van der Waals surface area contributed by atoms with Crippen molar-refractivity contribution >= 4 is 21.7 Å². The summed E-state index contributed by atoms with van der Waals surface area (Å²) in [6.07, 6.45) is 3.70. The number of hydrogen-bond acceptors (Lipinski definition) is 6. The number of pyridine rings is 1. The minimum atomic E-state index is -3.79. The normalized spacial score (nSPS) is 22.5. The van der Waals surface area contributed by atoms with Crippen LogP contribution in [0, 0.1) is 0 Å². The Balaban J connectivity index is 1.87. The van der Waals surface area contributed by atoms with E-state index in [1.54, 1.807) is 16.4 Å². The smallest absolute Gasteiger partial charge is 0.245 e. The van der Waals surface area contributed by atoms with Gasteiger partial charge in [-0.05, 0) is 58.7 Å². The standard InChI is InChI=1S/C21H32N4O4S/c1-6-19(26)23-16-13-20(2,3)25(21(4,5)14-16)30(27,28)17-7-8-18(22-15-17)24-9-11-29-12-10-24/h6-8,15-16H,1,9-14H2,2-5H3,(H,23,26). The number of rotatable bonds is 5. The highest BCUT2D eigenvalue weighted by molar-refractivity contribution is 7.89. The highest BCUT2D eigenvalue weighted by Gasteiger charge is 2.52. The summed E-state index contributed by atoms with van der Waals surface area (Å²) in [5.74, 6) is 0.507. The molecule has 1 aromatic rings. The quantitative estimate of drug-likeness (QED) is 0.709. The Bertz CT molecular complexity index is 872. The van der Waals surface area contributed by atoms with Crippen LogP contribution in [0.2, 0.25) is 0 Å². The molecule has 1 amide bonds. The van der Waals surface area contributed by atoms with Crippen molar-refractivity contribution in [1.82, 2.24) is 14.6 Å². The van der Waals surface area contributed by atoms with E-state index in [1.807, 2.05) is 27.7 Å². The van der Waals surface area contributed by atoms with Crippen LogP contribution in [0.15, 0.2) is 35.9 Å². The molecule has 2 fully saturated rings. The SMILES string of the molecule is C=CC(=O)NC1CC(C)(C)N(S(=O)(=O)c2ccc(N3CCOCC3)nc2)C(C)(C)C1. The zero-order valence-electron chi connectivity index (χ0n) is 18.2. The molecule has 0 aliphatic carbocycles. The third kappa shape index (κ3) is 4.53. The first kappa shape index (κ1) is 22.7. The van der Waals surface area contributed by atoms with E-state index in [1.165, 1.54) is 12.3 Å². The van der Waals surface area contributed by atoms with Crippen LogP contribution >= 0.6 is 0 Å². The van der Waals surface area contributed by atoms with Gasteiger partial charge in [0.25, 0.3) is 0 Å². The van der Waals surface area contributed by atoms with Crippen LogP contribution in [-0.4, -0.2) is 67.0 Å². The summed E-state index contributed by atoms with van der Waals surface area (Å²) in [5.41, 5.74) is -1.38. The average Bonchev–Trinajstić information content (AvgIpc) is 2.66. The number of carbonyl (C=O) groups excluding carboxylic acids is 1. The third-order valence-corrected chi connectivity index (χ3v) is 8.02. The first-order valence-corrected chi connectivity index (χ1v) is 11.7. The van der Waals surface area contributed by atoms with Gasteiger partial charge in [0.15, 0.2) is 0 Å². The topological polar surface area (TPSA) is 91.8 Å². The van der Waals surface area contributed by atoms with Gasteiger partial charge in [0.2, 0.25) is 15.9 Å². The molecule has 0 atom stereocenters. The number of morpholine rings is 1. The third-order valence-electron chi connectivity index (χ3n) is 5.72. The molecule has 0 saturated carbocycles. The number of piperidine rings is 1. The molecule has 1 N–H and O–H groups in total. The lowest BCUT2D eigenvalue weighted by Crippen LogP contribution is -2.65. The van der Waals surface area contributed by atoms with Crippen LogP contribution in [-0.2, 0) is 19.6 Å². The number of anilines is 1. The molecule has 9 heteroatoms. The maximum absolute atomic E-state index is 13.6. The van der Waals surface area contributed by atoms with E-state index in [9.17, 15) is 13.2 Å². The Morgan fingerprint density at radius 1 is 1.20 bits per heavy atom. The Hall–Kier alpha value is -1.97. The molecule has 2 saturated heterocycles. The van der Waals surface area contributed by atoms with Gasteiger partial charge in [-0.1, -0.05) is 6.58 Å². The van der Waals surface area contributed by atoms with Gasteiger partial charge in [0, 0.05) is 36.4 Å². The van der Waals surface area contributed by atoms with Crippen molar-refractivity contribution in [3.63, 3.8) is 0 Å². The summed E-state index contributed by atoms with van der Waals surface area (Å²) in [4.78, 5) is 18.5. The Morgan fingerprint density at radius 2 is 1.80 bits per heavy atom. The molecule has 0 spiro atoms. The van der Waals surface area contributed by atoms with E-state index in [4.69, 9.17) is 4.74 Å². The maximum atomic E-state index is 13.6. The van der Waals surface area contributed by atoms with Crippen LogP contribution in [0.3, 0.4) is 0 Å². The second kappa shape index (κ2) is 8.28. The van der Waals surface area contributed by atoms with Gasteiger partial charge >= 0.3 is 0 Å². The van der Waals surface area contributed by atoms with Crippen LogP contribution in [0.25, 0.3) is 0 Å². The lowest BCUT2D eigenvalue weighted by Gasteiger charge is -2.53. The highest BCUT2D eigenvalue weighted by atomic mass is 32.2. The number of nitrogens with one attached hydrogen (secondary N) is 1. The second-order valence-electron chi connectivity index (χ2n) is 9.16. The van der Waals surface area contributed by atoms with E-state index in [2.05, 4.69) is 21.8 Å². The number of nitrogens with zero attached hydrogens (tertiary/aromatic N) is 3. The zero-order chi connectivity index (χ0) is 22.2. The summed E-state index contributed by atoms with van der Waals surface area (Å²) in [7, 11) is -3.79. The van der Waals surface area contributed by atoms with Crippen molar-refractivity contribution in [2.75, 3.05) is 31.2 Å². The molecule has 2 aliphatic rings. The van der Waals surface area contributed by atoms with Crippen LogP contribution < -0.4 is 10.2 Å². The molecule has 0 bridgehead atoms. The van der Waals surface area contributed by atoms with Gasteiger partial charge in [-0.25, -0.2) is 13.4 Å². The van der Waals surface area contributed by atoms with Crippen molar-refractivity contribution in [2.24, 2.45) is 0 Å². The summed E-state index contributed by atoms with van der Waals surface area (Å²) in [6, 6.07) is 3.26. The van der Waals surface area contributed by atoms with Crippen LogP contribution in [0.1, 0.15) is 40.5 Å². The number of hydrogen-bond donors (Lipinski definition) is 1. The molecule has 2 aliphatic heterocycles. The second-order valence-corrected chi connectivity index (χ2v) is 11.0. The van der Waals surface area contributed by atoms with Crippen molar-refractivity contribution in [1.29, 1.82) is 0 Å². The number of amides is 1. The van der Waals surface area contributed by atoms with Crippen molar-refractivity contribution in [3.8, 4) is 0 Å². The van der Waals surface area contributed by atoms with Gasteiger partial charge in [-0.2, -0.15) is 4.31 Å². The van der Waals surface area contributed by atoms with Crippen LogP contribution in [0.4, 0.5) is 5.82 Å². The fourth-order valence-corrected chi connectivity index (χ4v) is 6.97. The maximum Gasteiger partial charge on any atom is 0.245 e. The molecule has 1 aromatic heterocycles. The summed E-state index contributed by atoms with van der Waals surface area (Å²) in [5, 5.41) is 2.93. The van der Waals surface area contributed by atoms with Crippen molar-refractivity contribution in [3.05, 3.63) is 31.0 Å². The molecule has 166 valence electrons. The van der Waals surface area contributed by atoms with E-state index >= 15 is 0 Å². The summed E-state index contributed by atoms with van der Waals surface area (Å²) >= 11 is 0. The fraction of sp³-hybridized carbons (Fsp3) is 0.619. The van der Waals surface area contributed by atoms with Crippen LogP contribution in [0.5, 0.6) is 0 Å². The number of aromatic nitrogens is 1. The van der Waals surface area contributed by atoms with Gasteiger partial charge in [-0.15, -0.1) is 0 Å². The van der Waals surface area contributed by atoms with E-state index in [0.717, 1.165) is 18.9 Å². The molecule has 0 unspecified atom stereocenters. The molecule has 3 rings (SSSR count). The van der Waals surface area contributed by atoms with Gasteiger partial charge in [-0.3, -0.25) is 4.79 Å². The fourth-order valence-electron chi connectivity index (χ4n) is 4.89. The minimum absolute atomic E-state index is 0.131. The summed E-state index contributed by atoms with van der Waals surface area (Å²) < 4.78 is 34.2. The number of carbonyl (C=O) groups is 1. The Labute approximate surface area is 179 Å². The van der Waals surface area contributed by atoms with E-state index < -0.39 is 21.1 Å². The molecular formula is C21H32N4O4S. The van der Waals surface area contributed by atoms with Crippen molar-refractivity contribution in [2.45, 2.75) is 62.6 Å². The molecular weight excluding hydrogens is 404 g/mol.